The summed E-state index contributed by atoms with van der Waals surface area (Å²) in [5, 5.41) is 8.49. The van der Waals surface area contributed by atoms with E-state index >= 15 is 0 Å². The molecule has 0 saturated heterocycles. The first-order valence-corrected chi connectivity index (χ1v) is 3.57. The van der Waals surface area contributed by atoms with Gasteiger partial charge in [-0.05, 0) is 25.7 Å². The Labute approximate surface area is 59.0 Å². The van der Waals surface area contributed by atoms with Gasteiger partial charge < -0.3 is 5.11 Å². The Bertz CT molecular complexity index is 136. The van der Waals surface area contributed by atoms with E-state index in [9.17, 15) is 9.18 Å². The highest BCUT2D eigenvalue weighted by Crippen LogP contribution is 2.26. The van der Waals surface area contributed by atoms with Gasteiger partial charge in [0, 0.05) is 0 Å². The van der Waals surface area contributed by atoms with E-state index in [1.54, 1.807) is 0 Å². The van der Waals surface area contributed by atoms with Crippen molar-refractivity contribution in [2.45, 2.75) is 31.9 Å². The van der Waals surface area contributed by atoms with E-state index in [1.807, 2.05) is 0 Å². The summed E-state index contributed by atoms with van der Waals surface area (Å²) in [7, 11) is 0. The van der Waals surface area contributed by atoms with Gasteiger partial charge in [-0.15, -0.1) is 0 Å². The molecule has 0 bridgehead atoms. The van der Waals surface area contributed by atoms with Crippen molar-refractivity contribution in [1.29, 1.82) is 0 Å². The molecule has 1 saturated carbocycles. The molecule has 0 aromatic carbocycles. The maximum absolute atomic E-state index is 12.5. The Morgan fingerprint density at radius 3 is 2.60 bits per heavy atom. The number of rotatable bonds is 1. The van der Waals surface area contributed by atoms with Crippen LogP contribution in [0.15, 0.2) is 0 Å². The molecule has 0 aromatic heterocycles. The molecule has 0 amide bonds. The molecule has 1 aliphatic rings. The Kier molecular flexibility index (Phi) is 2.25. The average Bonchev–Trinajstić information content (AvgIpc) is 1.88. The fourth-order valence-electron chi connectivity index (χ4n) is 1.35. The van der Waals surface area contributed by atoms with E-state index in [-0.39, 0.29) is 6.42 Å². The van der Waals surface area contributed by atoms with Gasteiger partial charge >= 0.3 is 5.97 Å². The van der Waals surface area contributed by atoms with Crippen LogP contribution in [0.1, 0.15) is 25.7 Å². The molecule has 0 aliphatic heterocycles. The van der Waals surface area contributed by atoms with Crippen LogP contribution in [-0.4, -0.2) is 17.2 Å². The zero-order valence-corrected chi connectivity index (χ0v) is 5.72. The lowest BCUT2D eigenvalue weighted by Crippen LogP contribution is -2.22. The Morgan fingerprint density at radius 1 is 1.50 bits per heavy atom. The summed E-state index contributed by atoms with van der Waals surface area (Å²) in [4.78, 5) is 10.3. The number of halogens is 1. The van der Waals surface area contributed by atoms with E-state index in [0.29, 0.717) is 12.8 Å². The summed E-state index contributed by atoms with van der Waals surface area (Å²) < 4.78 is 12.5. The highest BCUT2D eigenvalue weighted by molar-refractivity contribution is 5.70. The number of hydrogen-bond donors (Lipinski definition) is 1. The monoisotopic (exact) mass is 146 g/mol. The molecule has 2 atom stereocenters. The molecule has 3 heteroatoms. The zero-order chi connectivity index (χ0) is 7.56. The van der Waals surface area contributed by atoms with Crippen LogP contribution in [-0.2, 0) is 4.79 Å². The van der Waals surface area contributed by atoms with Crippen LogP contribution < -0.4 is 0 Å². The van der Waals surface area contributed by atoms with E-state index in [4.69, 9.17) is 5.11 Å². The highest BCUT2D eigenvalue weighted by atomic mass is 19.1. The summed E-state index contributed by atoms with van der Waals surface area (Å²) >= 11 is 0. The fraction of sp³-hybridized carbons (Fsp3) is 0.857. The van der Waals surface area contributed by atoms with E-state index in [2.05, 4.69) is 0 Å². The van der Waals surface area contributed by atoms with Crippen LogP contribution >= 0.6 is 0 Å². The van der Waals surface area contributed by atoms with Gasteiger partial charge in [-0.2, -0.15) is 0 Å². The Hall–Kier alpha value is -0.600. The number of carboxylic acids is 1. The van der Waals surface area contributed by atoms with Gasteiger partial charge in [0.1, 0.15) is 6.17 Å². The molecule has 0 spiro atoms. The van der Waals surface area contributed by atoms with Gasteiger partial charge in [-0.3, -0.25) is 4.79 Å². The quantitative estimate of drug-likeness (QED) is 0.610. The minimum Gasteiger partial charge on any atom is -0.481 e. The van der Waals surface area contributed by atoms with Crippen LogP contribution in [0.5, 0.6) is 0 Å². The van der Waals surface area contributed by atoms with Gasteiger partial charge in [0.05, 0.1) is 5.92 Å². The first kappa shape index (κ1) is 7.51. The van der Waals surface area contributed by atoms with Crippen molar-refractivity contribution in [2.24, 2.45) is 5.92 Å². The van der Waals surface area contributed by atoms with Crippen molar-refractivity contribution >= 4 is 5.97 Å². The van der Waals surface area contributed by atoms with Gasteiger partial charge in [0.25, 0.3) is 0 Å². The molecule has 58 valence electrons. The number of carboxylic acid groups (broad SMARTS) is 1. The second-order valence-corrected chi connectivity index (χ2v) is 2.80. The maximum Gasteiger partial charge on any atom is 0.306 e. The predicted octanol–water partition coefficient (Wildman–Crippen LogP) is 1.60. The first-order valence-electron chi connectivity index (χ1n) is 3.57. The summed E-state index contributed by atoms with van der Waals surface area (Å²) in [6.45, 7) is 0. The van der Waals surface area contributed by atoms with Crippen molar-refractivity contribution in [1.82, 2.24) is 0 Å². The Morgan fingerprint density at radius 2 is 2.20 bits per heavy atom. The van der Waals surface area contributed by atoms with Crippen LogP contribution in [0, 0.1) is 5.92 Å². The maximum atomic E-state index is 12.5. The molecule has 1 aliphatic carbocycles. The van der Waals surface area contributed by atoms with E-state index in [0.717, 1.165) is 6.42 Å². The lowest BCUT2D eigenvalue weighted by Gasteiger charge is -2.20. The summed E-state index contributed by atoms with van der Waals surface area (Å²) in [6, 6.07) is 0. The highest BCUT2D eigenvalue weighted by Gasteiger charge is 2.26. The fourth-order valence-corrected chi connectivity index (χ4v) is 1.35. The van der Waals surface area contributed by atoms with Gasteiger partial charge in [0.15, 0.2) is 0 Å². The molecule has 10 heavy (non-hydrogen) atoms. The topological polar surface area (TPSA) is 37.3 Å². The molecule has 1 fully saturated rings. The van der Waals surface area contributed by atoms with Crippen LogP contribution in [0.3, 0.4) is 0 Å². The number of hydrogen-bond acceptors (Lipinski definition) is 1. The molecular weight excluding hydrogens is 135 g/mol. The zero-order valence-electron chi connectivity index (χ0n) is 5.72. The molecule has 1 N–H and O–H groups in total. The van der Waals surface area contributed by atoms with Crippen LogP contribution in [0.25, 0.3) is 0 Å². The third-order valence-corrected chi connectivity index (χ3v) is 1.96. The van der Waals surface area contributed by atoms with Gasteiger partial charge in [-0.25, -0.2) is 4.39 Å². The van der Waals surface area contributed by atoms with Crippen molar-refractivity contribution in [3.05, 3.63) is 0 Å². The molecular formula is C7H11FO2. The number of aliphatic carboxylic acids is 1. The summed E-state index contributed by atoms with van der Waals surface area (Å²) in [5.41, 5.74) is 0. The second kappa shape index (κ2) is 2.99. The lowest BCUT2D eigenvalue weighted by molar-refractivity contribution is -0.143. The molecule has 0 heterocycles. The molecule has 0 aromatic rings. The van der Waals surface area contributed by atoms with Gasteiger partial charge in [-0.1, -0.05) is 0 Å². The SMILES string of the molecule is O=C(O)[C@@H]1CCC[C@@H](F)C1. The molecule has 1 rings (SSSR count). The third kappa shape index (κ3) is 1.69. The van der Waals surface area contributed by atoms with Crippen molar-refractivity contribution in [2.75, 3.05) is 0 Å². The molecule has 2 nitrogen and oxygen atoms in total. The number of carbonyl (C=O) groups is 1. The standard InChI is InChI=1S/C7H11FO2/c8-6-3-1-2-5(4-6)7(9)10/h5-6H,1-4H2,(H,9,10)/t5-,6-/m1/s1. The van der Waals surface area contributed by atoms with E-state index < -0.39 is 18.1 Å². The summed E-state index contributed by atoms with van der Waals surface area (Å²) in [5.74, 6) is -1.27. The van der Waals surface area contributed by atoms with Crippen molar-refractivity contribution in [3.63, 3.8) is 0 Å². The minimum atomic E-state index is -0.880. The third-order valence-electron chi connectivity index (χ3n) is 1.96. The normalized spacial score (nSPS) is 33.7. The second-order valence-electron chi connectivity index (χ2n) is 2.80. The number of alkyl halides is 1. The van der Waals surface area contributed by atoms with Crippen molar-refractivity contribution < 1.29 is 14.3 Å². The van der Waals surface area contributed by atoms with Gasteiger partial charge in [0.2, 0.25) is 0 Å². The molecule has 0 unspecified atom stereocenters. The smallest absolute Gasteiger partial charge is 0.306 e. The first-order chi connectivity index (χ1) is 4.70. The predicted molar refractivity (Wildman–Crippen MR) is 34.5 cm³/mol. The average molecular weight is 146 g/mol. The molecule has 0 radical (unpaired) electrons. The minimum absolute atomic E-state index is 0.218. The summed E-state index contributed by atoms with van der Waals surface area (Å²) in [6.07, 6.45) is 1.25. The lowest BCUT2D eigenvalue weighted by atomic mass is 9.88. The largest absolute Gasteiger partial charge is 0.481 e. The van der Waals surface area contributed by atoms with Crippen LogP contribution in [0.4, 0.5) is 4.39 Å². The Balaban J connectivity index is 2.39. The van der Waals surface area contributed by atoms with Crippen molar-refractivity contribution in [3.8, 4) is 0 Å². The van der Waals surface area contributed by atoms with Crippen LogP contribution in [0.2, 0.25) is 0 Å². The van der Waals surface area contributed by atoms with E-state index in [1.165, 1.54) is 0 Å².